The second-order valence-corrected chi connectivity index (χ2v) is 9.19. The summed E-state index contributed by atoms with van der Waals surface area (Å²) in [4.78, 5) is 12.9. The molecular weight excluding hydrogens is 428 g/mol. The molecule has 0 radical (unpaired) electrons. The Bertz CT molecular complexity index is 1180. The van der Waals surface area contributed by atoms with Crippen molar-refractivity contribution in [3.8, 4) is 11.5 Å². The first kappa shape index (κ1) is 23.4. The van der Waals surface area contributed by atoms with Crippen molar-refractivity contribution in [2.24, 2.45) is 0 Å². The van der Waals surface area contributed by atoms with E-state index in [9.17, 15) is 13.2 Å². The first-order valence-electron chi connectivity index (χ1n) is 10.4. The first-order chi connectivity index (χ1) is 15.3. The Morgan fingerprint density at radius 1 is 1.00 bits per heavy atom. The minimum atomic E-state index is -3.71. The summed E-state index contributed by atoms with van der Waals surface area (Å²) in [5.74, 6) is 0.831. The van der Waals surface area contributed by atoms with Gasteiger partial charge in [-0.3, -0.25) is 9.10 Å². The van der Waals surface area contributed by atoms with Crippen molar-refractivity contribution in [3.63, 3.8) is 0 Å². The maximum absolute atomic E-state index is 12.9. The van der Waals surface area contributed by atoms with E-state index in [0.717, 1.165) is 21.3 Å². The lowest BCUT2D eigenvalue weighted by molar-refractivity contribution is -0.122. The molecule has 0 aliphatic heterocycles. The van der Waals surface area contributed by atoms with Crippen LogP contribution in [0, 0.1) is 0 Å². The predicted molar refractivity (Wildman–Crippen MR) is 127 cm³/mol. The maximum atomic E-state index is 12.9. The van der Waals surface area contributed by atoms with Gasteiger partial charge in [0.15, 0.2) is 0 Å². The molecule has 7 nitrogen and oxygen atoms in total. The summed E-state index contributed by atoms with van der Waals surface area (Å²) in [5.41, 5.74) is 0.376. The minimum Gasteiger partial charge on any atom is -0.497 e. The van der Waals surface area contributed by atoms with Crippen LogP contribution in [-0.2, 0) is 14.8 Å². The quantitative estimate of drug-likeness (QED) is 0.471. The third-order valence-corrected chi connectivity index (χ3v) is 6.21. The number of nitrogens with zero attached hydrogens (tertiary/aromatic N) is 1. The van der Waals surface area contributed by atoms with Crippen LogP contribution in [0.4, 0.5) is 5.69 Å². The van der Waals surface area contributed by atoms with Crippen LogP contribution >= 0.6 is 0 Å². The lowest BCUT2D eigenvalue weighted by atomic mass is 10.1. The van der Waals surface area contributed by atoms with Gasteiger partial charge in [-0.1, -0.05) is 43.3 Å². The van der Waals surface area contributed by atoms with E-state index in [4.69, 9.17) is 9.47 Å². The first-order valence-corrected chi connectivity index (χ1v) is 12.2. The molecule has 3 aromatic carbocycles. The van der Waals surface area contributed by atoms with Crippen molar-refractivity contribution in [2.75, 3.05) is 30.8 Å². The van der Waals surface area contributed by atoms with Gasteiger partial charge in [0.05, 0.1) is 25.6 Å². The third-order valence-electron chi connectivity index (χ3n) is 5.03. The molecule has 3 rings (SSSR count). The van der Waals surface area contributed by atoms with E-state index in [1.165, 1.54) is 7.11 Å². The molecule has 0 aliphatic rings. The second-order valence-electron chi connectivity index (χ2n) is 7.33. The van der Waals surface area contributed by atoms with Crippen LogP contribution in [0.3, 0.4) is 0 Å². The summed E-state index contributed by atoms with van der Waals surface area (Å²) in [6, 6.07) is 19.5. The number of nitrogens with one attached hydrogen (secondary N) is 1. The monoisotopic (exact) mass is 456 g/mol. The van der Waals surface area contributed by atoms with Gasteiger partial charge in [0.25, 0.3) is 0 Å². The van der Waals surface area contributed by atoms with Gasteiger partial charge in [-0.05, 0) is 41.5 Å². The smallest absolute Gasteiger partial charge is 0.244 e. The van der Waals surface area contributed by atoms with Gasteiger partial charge in [0.1, 0.15) is 24.1 Å². The molecule has 0 spiro atoms. The number of sulfonamides is 1. The number of carbonyl (C=O) groups is 1. The molecule has 32 heavy (non-hydrogen) atoms. The number of anilines is 1. The largest absolute Gasteiger partial charge is 0.497 e. The molecule has 1 atom stereocenters. The summed E-state index contributed by atoms with van der Waals surface area (Å²) >= 11 is 0. The highest BCUT2D eigenvalue weighted by atomic mass is 32.2. The fourth-order valence-electron chi connectivity index (χ4n) is 3.53. The molecule has 0 fully saturated rings. The summed E-state index contributed by atoms with van der Waals surface area (Å²) < 4.78 is 37.2. The van der Waals surface area contributed by atoms with Gasteiger partial charge in [-0.15, -0.1) is 0 Å². The highest BCUT2D eigenvalue weighted by Gasteiger charge is 2.31. The van der Waals surface area contributed by atoms with Crippen molar-refractivity contribution >= 4 is 32.4 Å². The van der Waals surface area contributed by atoms with Gasteiger partial charge >= 0.3 is 0 Å². The van der Waals surface area contributed by atoms with Gasteiger partial charge in [-0.2, -0.15) is 0 Å². The van der Waals surface area contributed by atoms with Gasteiger partial charge in [-0.25, -0.2) is 8.42 Å². The molecule has 8 heteroatoms. The number of hydrogen-bond donors (Lipinski definition) is 1. The number of methoxy groups -OCH3 is 1. The van der Waals surface area contributed by atoms with Crippen molar-refractivity contribution in [1.29, 1.82) is 0 Å². The van der Waals surface area contributed by atoms with Gasteiger partial charge in [0, 0.05) is 6.07 Å². The zero-order chi connectivity index (χ0) is 23.1. The molecule has 1 unspecified atom stereocenters. The third kappa shape index (κ3) is 5.70. The van der Waals surface area contributed by atoms with E-state index >= 15 is 0 Å². The fraction of sp³-hybridized carbons (Fsp3) is 0.292. The van der Waals surface area contributed by atoms with Crippen LogP contribution in [0.2, 0.25) is 0 Å². The zero-order valence-electron chi connectivity index (χ0n) is 18.4. The predicted octanol–water partition coefficient (Wildman–Crippen LogP) is 3.59. The Morgan fingerprint density at radius 2 is 1.75 bits per heavy atom. The van der Waals surface area contributed by atoms with Crippen LogP contribution in [0.5, 0.6) is 11.5 Å². The van der Waals surface area contributed by atoms with Crippen LogP contribution in [0.25, 0.3) is 10.8 Å². The maximum Gasteiger partial charge on any atom is 0.244 e. The summed E-state index contributed by atoms with van der Waals surface area (Å²) in [6.07, 6.45) is 1.40. The lowest BCUT2D eigenvalue weighted by Crippen LogP contribution is -2.50. The average Bonchev–Trinajstić information content (AvgIpc) is 2.79. The highest BCUT2D eigenvalue weighted by Crippen LogP contribution is 2.26. The van der Waals surface area contributed by atoms with E-state index in [-0.39, 0.29) is 19.1 Å². The fourth-order valence-corrected chi connectivity index (χ4v) is 4.73. The molecule has 170 valence electrons. The number of ether oxygens (including phenoxy) is 2. The molecule has 0 saturated heterocycles. The Labute approximate surface area is 189 Å². The van der Waals surface area contributed by atoms with Crippen LogP contribution in [0.1, 0.15) is 13.3 Å². The highest BCUT2D eigenvalue weighted by molar-refractivity contribution is 7.92. The van der Waals surface area contributed by atoms with Crippen molar-refractivity contribution in [2.45, 2.75) is 19.4 Å². The van der Waals surface area contributed by atoms with E-state index in [2.05, 4.69) is 5.32 Å². The Kier molecular flexibility index (Phi) is 7.58. The SMILES string of the molecule is CCC(C(=O)NCCOc1ccc2ccccc2c1)N(c1cccc(OC)c1)S(C)(=O)=O. The molecule has 3 aromatic rings. The number of amides is 1. The zero-order valence-corrected chi connectivity index (χ0v) is 19.3. The molecule has 0 bridgehead atoms. The molecule has 0 aliphatic carbocycles. The van der Waals surface area contributed by atoms with Crippen molar-refractivity contribution < 1.29 is 22.7 Å². The summed E-state index contributed by atoms with van der Waals surface area (Å²) in [5, 5.41) is 4.98. The van der Waals surface area contributed by atoms with Gasteiger partial charge in [0.2, 0.25) is 15.9 Å². The lowest BCUT2D eigenvalue weighted by Gasteiger charge is -2.30. The van der Waals surface area contributed by atoms with Gasteiger partial charge < -0.3 is 14.8 Å². The Hall–Kier alpha value is -3.26. The second kappa shape index (κ2) is 10.4. The molecule has 1 N–H and O–H groups in total. The summed E-state index contributed by atoms with van der Waals surface area (Å²) in [7, 11) is -2.20. The minimum absolute atomic E-state index is 0.248. The molecule has 1 amide bonds. The Balaban J connectivity index is 1.65. The van der Waals surface area contributed by atoms with E-state index < -0.39 is 16.1 Å². The van der Waals surface area contributed by atoms with Crippen LogP contribution in [-0.4, -0.2) is 46.9 Å². The number of carbonyl (C=O) groups excluding carboxylic acids is 1. The molecule has 0 aromatic heterocycles. The standard InChI is InChI=1S/C24H28N2O5S/c1-4-23(26(32(3,28)29)20-10-7-11-21(17-20)30-2)24(27)25-14-15-31-22-13-12-18-8-5-6-9-19(18)16-22/h5-13,16-17,23H,4,14-15H2,1-3H3,(H,25,27). The van der Waals surface area contributed by atoms with Crippen molar-refractivity contribution in [3.05, 3.63) is 66.7 Å². The Morgan fingerprint density at radius 3 is 2.44 bits per heavy atom. The number of rotatable bonds is 10. The molecule has 0 heterocycles. The average molecular weight is 457 g/mol. The number of fused-ring (bicyclic) bond motifs is 1. The van der Waals surface area contributed by atoms with E-state index in [1.807, 2.05) is 42.5 Å². The number of hydrogen-bond acceptors (Lipinski definition) is 5. The van der Waals surface area contributed by atoms with E-state index in [0.29, 0.717) is 23.6 Å². The topological polar surface area (TPSA) is 84.9 Å². The van der Waals surface area contributed by atoms with Crippen LogP contribution < -0.4 is 19.1 Å². The van der Waals surface area contributed by atoms with E-state index in [1.54, 1.807) is 31.2 Å². The molecular formula is C24H28N2O5S. The number of benzene rings is 3. The normalized spacial score (nSPS) is 12.2. The van der Waals surface area contributed by atoms with Crippen LogP contribution in [0.15, 0.2) is 66.7 Å². The summed E-state index contributed by atoms with van der Waals surface area (Å²) in [6.45, 7) is 2.28. The molecule has 0 saturated carbocycles. The van der Waals surface area contributed by atoms with Crippen molar-refractivity contribution in [1.82, 2.24) is 5.32 Å².